The van der Waals surface area contributed by atoms with E-state index in [1.807, 2.05) is 18.2 Å². The average Bonchev–Trinajstić information content (AvgIpc) is 2.98. The van der Waals surface area contributed by atoms with Gasteiger partial charge in [-0.05, 0) is 30.9 Å². The van der Waals surface area contributed by atoms with Gasteiger partial charge in [0.2, 0.25) is 0 Å². The van der Waals surface area contributed by atoms with E-state index < -0.39 is 0 Å². The molecule has 0 aliphatic carbocycles. The summed E-state index contributed by atoms with van der Waals surface area (Å²) in [7, 11) is 0. The van der Waals surface area contributed by atoms with E-state index in [1.54, 1.807) is 4.90 Å². The minimum Gasteiger partial charge on any atom is -0.397 e. The first kappa shape index (κ1) is 10.6. The molecule has 0 spiro atoms. The molecule has 2 N–H and O–H groups in total. The summed E-state index contributed by atoms with van der Waals surface area (Å²) < 4.78 is 5.45. The zero-order valence-electron chi connectivity index (χ0n) is 9.69. The van der Waals surface area contributed by atoms with Crippen LogP contribution in [-0.2, 0) is 16.0 Å². The van der Waals surface area contributed by atoms with Gasteiger partial charge in [0, 0.05) is 13.2 Å². The zero-order valence-corrected chi connectivity index (χ0v) is 9.69. The molecule has 0 saturated carbocycles. The Balaban J connectivity index is 1.90. The number of carbonyl (C=O) groups excluding carboxylic acids is 1. The van der Waals surface area contributed by atoms with Crippen molar-refractivity contribution in [3.63, 3.8) is 0 Å². The summed E-state index contributed by atoms with van der Waals surface area (Å²) in [5.74, 6) is 0.0687. The van der Waals surface area contributed by atoms with Crippen molar-refractivity contribution in [1.29, 1.82) is 0 Å². The molecule has 1 saturated heterocycles. The van der Waals surface area contributed by atoms with Gasteiger partial charge in [0.1, 0.15) is 6.10 Å². The number of rotatable bonds is 1. The molecule has 1 aromatic carbocycles. The maximum atomic E-state index is 12.3. The topological polar surface area (TPSA) is 55.6 Å². The van der Waals surface area contributed by atoms with Crippen LogP contribution in [0.3, 0.4) is 0 Å². The third kappa shape index (κ3) is 1.69. The Morgan fingerprint density at radius 1 is 1.47 bits per heavy atom. The molecule has 0 bridgehead atoms. The third-order valence-electron chi connectivity index (χ3n) is 3.50. The minimum atomic E-state index is -0.263. The average molecular weight is 232 g/mol. The zero-order chi connectivity index (χ0) is 11.8. The van der Waals surface area contributed by atoms with E-state index >= 15 is 0 Å². The number of amides is 1. The van der Waals surface area contributed by atoms with Crippen molar-refractivity contribution >= 4 is 17.3 Å². The van der Waals surface area contributed by atoms with E-state index in [-0.39, 0.29) is 12.0 Å². The quantitative estimate of drug-likeness (QED) is 0.743. The van der Waals surface area contributed by atoms with Crippen LogP contribution >= 0.6 is 0 Å². The molecule has 0 aromatic heterocycles. The number of ether oxygens (including phenoxy) is 1. The molecule has 17 heavy (non-hydrogen) atoms. The lowest BCUT2D eigenvalue weighted by Gasteiger charge is -2.21. The van der Waals surface area contributed by atoms with Gasteiger partial charge in [-0.2, -0.15) is 0 Å². The van der Waals surface area contributed by atoms with Crippen LogP contribution in [0.4, 0.5) is 11.4 Å². The highest BCUT2D eigenvalue weighted by Gasteiger charge is 2.33. The fourth-order valence-corrected chi connectivity index (χ4v) is 2.65. The number of benzene rings is 1. The highest BCUT2D eigenvalue weighted by Crippen LogP contribution is 2.34. The third-order valence-corrected chi connectivity index (χ3v) is 3.50. The van der Waals surface area contributed by atoms with Crippen molar-refractivity contribution in [3.05, 3.63) is 23.8 Å². The smallest absolute Gasteiger partial charge is 0.256 e. The van der Waals surface area contributed by atoms with Crippen molar-refractivity contribution in [2.45, 2.75) is 25.4 Å². The number of anilines is 2. The second-order valence-electron chi connectivity index (χ2n) is 4.60. The number of para-hydroxylation sites is 1. The fourth-order valence-electron chi connectivity index (χ4n) is 2.65. The number of nitrogens with two attached hydrogens (primary N) is 1. The van der Waals surface area contributed by atoms with E-state index in [4.69, 9.17) is 10.5 Å². The lowest BCUT2D eigenvalue weighted by Crippen LogP contribution is -2.38. The van der Waals surface area contributed by atoms with Crippen molar-refractivity contribution in [1.82, 2.24) is 0 Å². The van der Waals surface area contributed by atoms with Gasteiger partial charge in [0.25, 0.3) is 5.91 Å². The molecular weight excluding hydrogens is 216 g/mol. The molecule has 1 amide bonds. The van der Waals surface area contributed by atoms with Crippen LogP contribution < -0.4 is 10.6 Å². The molecule has 90 valence electrons. The second kappa shape index (κ2) is 4.04. The summed E-state index contributed by atoms with van der Waals surface area (Å²) in [5.41, 5.74) is 8.71. The molecule has 0 radical (unpaired) electrons. The molecule has 1 aromatic rings. The van der Waals surface area contributed by atoms with Gasteiger partial charge >= 0.3 is 0 Å². The first-order valence-electron chi connectivity index (χ1n) is 6.08. The summed E-state index contributed by atoms with van der Waals surface area (Å²) in [5, 5.41) is 0. The van der Waals surface area contributed by atoms with Gasteiger partial charge in [-0.15, -0.1) is 0 Å². The number of hydrogen-bond acceptors (Lipinski definition) is 3. The van der Waals surface area contributed by atoms with E-state index in [2.05, 4.69) is 0 Å². The van der Waals surface area contributed by atoms with Crippen molar-refractivity contribution in [3.8, 4) is 0 Å². The molecule has 1 atom stereocenters. The second-order valence-corrected chi connectivity index (χ2v) is 4.60. The van der Waals surface area contributed by atoms with Gasteiger partial charge in [0.05, 0.1) is 11.4 Å². The van der Waals surface area contributed by atoms with Crippen LogP contribution in [0.15, 0.2) is 18.2 Å². The SMILES string of the molecule is Nc1cccc2c1N(C(=O)[C@H]1CCCO1)CC2. The van der Waals surface area contributed by atoms with Gasteiger partial charge in [-0.3, -0.25) is 4.79 Å². The van der Waals surface area contributed by atoms with Crippen LogP contribution in [0, 0.1) is 0 Å². The van der Waals surface area contributed by atoms with Crippen LogP contribution in [-0.4, -0.2) is 25.2 Å². The predicted molar refractivity (Wildman–Crippen MR) is 65.9 cm³/mol. The van der Waals surface area contributed by atoms with E-state index in [1.165, 1.54) is 0 Å². The van der Waals surface area contributed by atoms with Crippen molar-refractivity contribution in [2.75, 3.05) is 23.8 Å². The summed E-state index contributed by atoms with van der Waals surface area (Å²) in [6, 6.07) is 5.82. The molecule has 2 aliphatic rings. The van der Waals surface area contributed by atoms with Crippen LogP contribution in [0.2, 0.25) is 0 Å². The van der Waals surface area contributed by atoms with Gasteiger partial charge in [0.15, 0.2) is 0 Å². The molecule has 0 unspecified atom stereocenters. The number of carbonyl (C=O) groups is 1. The monoisotopic (exact) mass is 232 g/mol. The highest BCUT2D eigenvalue weighted by molar-refractivity contribution is 6.01. The molecular formula is C13H16N2O2. The molecule has 2 aliphatic heterocycles. The Labute approximate surface area is 100 Å². The summed E-state index contributed by atoms with van der Waals surface area (Å²) in [6.45, 7) is 1.42. The van der Waals surface area contributed by atoms with E-state index in [0.717, 1.165) is 37.1 Å². The standard InChI is InChI=1S/C13H16N2O2/c14-10-4-1-3-9-6-7-15(12(9)10)13(16)11-5-2-8-17-11/h1,3-4,11H,2,5-8,14H2/t11-/m1/s1. The molecule has 4 nitrogen and oxygen atoms in total. The number of fused-ring (bicyclic) bond motifs is 1. The van der Waals surface area contributed by atoms with Gasteiger partial charge in [-0.25, -0.2) is 0 Å². The summed E-state index contributed by atoms with van der Waals surface area (Å²) in [6.07, 6.45) is 2.43. The number of nitrogen functional groups attached to an aromatic ring is 1. The Kier molecular flexibility index (Phi) is 2.52. The van der Waals surface area contributed by atoms with Crippen LogP contribution in [0.25, 0.3) is 0 Å². The number of nitrogens with zero attached hydrogens (tertiary/aromatic N) is 1. The van der Waals surface area contributed by atoms with Gasteiger partial charge in [-0.1, -0.05) is 12.1 Å². The number of hydrogen-bond donors (Lipinski definition) is 1. The van der Waals surface area contributed by atoms with Gasteiger partial charge < -0.3 is 15.4 Å². The normalized spacial score (nSPS) is 22.8. The Morgan fingerprint density at radius 2 is 2.35 bits per heavy atom. The predicted octanol–water partition coefficient (Wildman–Crippen LogP) is 1.34. The van der Waals surface area contributed by atoms with E-state index in [0.29, 0.717) is 12.3 Å². The Hall–Kier alpha value is -1.55. The van der Waals surface area contributed by atoms with Crippen LogP contribution in [0.5, 0.6) is 0 Å². The summed E-state index contributed by atoms with van der Waals surface area (Å²) >= 11 is 0. The largest absolute Gasteiger partial charge is 0.397 e. The highest BCUT2D eigenvalue weighted by atomic mass is 16.5. The lowest BCUT2D eigenvalue weighted by atomic mass is 10.1. The first-order valence-corrected chi connectivity index (χ1v) is 6.08. The first-order chi connectivity index (χ1) is 8.27. The van der Waals surface area contributed by atoms with Crippen molar-refractivity contribution < 1.29 is 9.53 Å². The molecule has 1 fully saturated rings. The maximum Gasteiger partial charge on any atom is 0.256 e. The fraction of sp³-hybridized carbons (Fsp3) is 0.462. The minimum absolute atomic E-state index is 0.0687. The Bertz CT molecular complexity index is 453. The molecule has 3 rings (SSSR count). The summed E-state index contributed by atoms with van der Waals surface area (Å²) in [4.78, 5) is 14.1. The van der Waals surface area contributed by atoms with E-state index in [9.17, 15) is 4.79 Å². The van der Waals surface area contributed by atoms with Crippen LogP contribution in [0.1, 0.15) is 18.4 Å². The molecule has 4 heteroatoms. The Morgan fingerprint density at radius 3 is 3.12 bits per heavy atom. The molecule has 2 heterocycles. The maximum absolute atomic E-state index is 12.3. The lowest BCUT2D eigenvalue weighted by molar-refractivity contribution is -0.127. The van der Waals surface area contributed by atoms with Crippen molar-refractivity contribution in [2.24, 2.45) is 0 Å².